The zero-order valence-electron chi connectivity index (χ0n) is 16.4. The van der Waals surface area contributed by atoms with Gasteiger partial charge in [0.1, 0.15) is 10.6 Å². The van der Waals surface area contributed by atoms with E-state index in [0.29, 0.717) is 0 Å². The highest BCUT2D eigenvalue weighted by atomic mass is 32.2. The maximum Gasteiger partial charge on any atom is 0.244 e. The quantitative estimate of drug-likeness (QED) is 0.600. The summed E-state index contributed by atoms with van der Waals surface area (Å²) < 4.78 is 59.8. The molecule has 0 saturated heterocycles. The van der Waals surface area contributed by atoms with E-state index in [1.54, 1.807) is 24.3 Å². The lowest BCUT2D eigenvalue weighted by molar-refractivity contribution is 0.402. The molecule has 154 valence electrons. The largest absolute Gasteiger partial charge is 0.495 e. The normalized spacial score (nSPS) is 12.3. The lowest BCUT2D eigenvalue weighted by Gasteiger charge is -2.14. The van der Waals surface area contributed by atoms with Crippen LogP contribution in [0.4, 0.5) is 0 Å². The molecular formula is C19H26N2O5S2. The van der Waals surface area contributed by atoms with Crippen LogP contribution in [-0.4, -0.2) is 37.0 Å². The monoisotopic (exact) mass is 426 g/mol. The van der Waals surface area contributed by atoms with Crippen molar-refractivity contribution in [1.29, 1.82) is 0 Å². The molecule has 7 nitrogen and oxygen atoms in total. The molecule has 2 N–H and O–H groups in total. The maximum atomic E-state index is 12.7. The van der Waals surface area contributed by atoms with Crippen molar-refractivity contribution < 1.29 is 21.6 Å². The highest BCUT2D eigenvalue weighted by Gasteiger charge is 2.21. The fraction of sp³-hybridized carbons (Fsp3) is 0.368. The number of ether oxygens (including phenoxy) is 1. The summed E-state index contributed by atoms with van der Waals surface area (Å²) >= 11 is 0. The van der Waals surface area contributed by atoms with Gasteiger partial charge in [-0.15, -0.1) is 0 Å². The minimum Gasteiger partial charge on any atom is -0.495 e. The van der Waals surface area contributed by atoms with Gasteiger partial charge in [-0.3, -0.25) is 0 Å². The molecule has 2 aromatic rings. The van der Waals surface area contributed by atoms with Crippen molar-refractivity contribution in [2.45, 2.75) is 36.5 Å². The molecule has 0 spiro atoms. The number of hydrogen-bond donors (Lipinski definition) is 2. The van der Waals surface area contributed by atoms with Crippen LogP contribution in [0.2, 0.25) is 0 Å². The van der Waals surface area contributed by atoms with E-state index in [0.717, 1.165) is 11.1 Å². The second-order valence-corrected chi connectivity index (χ2v) is 10.2. The number of nitrogens with one attached hydrogen (secondary N) is 2. The van der Waals surface area contributed by atoms with Crippen LogP contribution < -0.4 is 14.2 Å². The molecule has 0 aromatic heterocycles. The highest BCUT2D eigenvalue weighted by Crippen LogP contribution is 2.27. The van der Waals surface area contributed by atoms with Gasteiger partial charge in [-0.2, -0.15) is 0 Å². The van der Waals surface area contributed by atoms with Gasteiger partial charge in [-0.05, 0) is 42.7 Å². The molecule has 0 unspecified atom stereocenters. The molecule has 0 amide bonds. The zero-order valence-corrected chi connectivity index (χ0v) is 18.0. The Morgan fingerprint density at radius 1 is 0.893 bits per heavy atom. The van der Waals surface area contributed by atoms with E-state index in [9.17, 15) is 16.8 Å². The lowest BCUT2D eigenvalue weighted by atomic mass is 10.0. The van der Waals surface area contributed by atoms with E-state index < -0.39 is 20.0 Å². The molecule has 0 fully saturated rings. The summed E-state index contributed by atoms with van der Waals surface area (Å²) in [5.74, 6) is 0.387. The highest BCUT2D eigenvalue weighted by molar-refractivity contribution is 7.90. The molecule has 0 aliphatic rings. The molecule has 2 aromatic carbocycles. The number of hydrogen-bond acceptors (Lipinski definition) is 5. The van der Waals surface area contributed by atoms with Crippen LogP contribution in [0.15, 0.2) is 52.3 Å². The standard InChI is InChI=1S/C19H26N2O5S2/c1-14(2)16-7-10-18(26-4)19(13-16)28(24,25)21-12-11-20-27(22,23)17-8-5-15(3)6-9-17/h5-10,13-14,20-21H,11-12H2,1-4H3. The van der Waals surface area contributed by atoms with Crippen LogP contribution in [0.5, 0.6) is 5.75 Å². The molecule has 2 rings (SSSR count). The van der Waals surface area contributed by atoms with Crippen LogP contribution in [0.25, 0.3) is 0 Å². The zero-order chi connectivity index (χ0) is 20.9. The third-order valence-electron chi connectivity index (χ3n) is 4.18. The number of benzene rings is 2. The molecule has 0 aliphatic heterocycles. The van der Waals surface area contributed by atoms with Gasteiger partial charge in [0, 0.05) is 13.1 Å². The Morgan fingerprint density at radius 3 is 2.00 bits per heavy atom. The number of sulfonamides is 2. The van der Waals surface area contributed by atoms with Crippen LogP contribution in [0.1, 0.15) is 30.9 Å². The van der Waals surface area contributed by atoms with Crippen LogP contribution in [0.3, 0.4) is 0 Å². The lowest BCUT2D eigenvalue weighted by Crippen LogP contribution is -2.34. The fourth-order valence-electron chi connectivity index (χ4n) is 2.51. The molecule has 0 bridgehead atoms. The summed E-state index contributed by atoms with van der Waals surface area (Å²) in [6.45, 7) is 5.61. The summed E-state index contributed by atoms with van der Waals surface area (Å²) in [7, 11) is -6.15. The van der Waals surface area contributed by atoms with Crippen molar-refractivity contribution >= 4 is 20.0 Å². The van der Waals surface area contributed by atoms with Gasteiger partial charge < -0.3 is 4.74 Å². The number of aryl methyl sites for hydroxylation is 1. The first-order chi connectivity index (χ1) is 13.1. The number of rotatable bonds is 9. The van der Waals surface area contributed by atoms with E-state index in [1.807, 2.05) is 26.8 Å². The van der Waals surface area contributed by atoms with E-state index in [4.69, 9.17) is 4.74 Å². The Hall–Kier alpha value is -1.94. The van der Waals surface area contributed by atoms with E-state index >= 15 is 0 Å². The van der Waals surface area contributed by atoms with Crippen LogP contribution in [0, 0.1) is 6.92 Å². The third-order valence-corrected chi connectivity index (χ3v) is 7.14. The van der Waals surface area contributed by atoms with E-state index in [1.165, 1.54) is 19.2 Å². The molecule has 0 radical (unpaired) electrons. The van der Waals surface area contributed by atoms with Gasteiger partial charge in [-0.1, -0.05) is 37.6 Å². The van der Waals surface area contributed by atoms with Crippen molar-refractivity contribution in [1.82, 2.24) is 9.44 Å². The predicted octanol–water partition coefficient (Wildman–Crippen LogP) is 2.38. The molecule has 0 aliphatic carbocycles. The molecule has 28 heavy (non-hydrogen) atoms. The second-order valence-electron chi connectivity index (χ2n) is 6.67. The Bertz CT molecular complexity index is 1010. The summed E-state index contributed by atoms with van der Waals surface area (Å²) in [5.41, 5.74) is 1.81. The van der Waals surface area contributed by atoms with Gasteiger partial charge in [0.25, 0.3) is 0 Å². The predicted molar refractivity (Wildman–Crippen MR) is 109 cm³/mol. The molecule has 9 heteroatoms. The Balaban J connectivity index is 2.06. The average Bonchev–Trinajstić information content (AvgIpc) is 2.65. The summed E-state index contributed by atoms with van der Waals surface area (Å²) in [5, 5.41) is 0. The minimum atomic E-state index is -3.86. The first-order valence-electron chi connectivity index (χ1n) is 8.81. The fourth-order valence-corrected chi connectivity index (χ4v) is 4.78. The second kappa shape index (κ2) is 9.04. The van der Waals surface area contributed by atoms with Crippen molar-refractivity contribution in [3.8, 4) is 5.75 Å². The summed E-state index contributed by atoms with van der Waals surface area (Å²) in [6, 6.07) is 11.4. The van der Waals surface area contributed by atoms with Gasteiger partial charge in [0.15, 0.2) is 0 Å². The average molecular weight is 427 g/mol. The van der Waals surface area contributed by atoms with E-state index in [2.05, 4.69) is 9.44 Å². The molecule has 0 saturated carbocycles. The van der Waals surface area contributed by atoms with Gasteiger partial charge >= 0.3 is 0 Å². The van der Waals surface area contributed by atoms with Gasteiger partial charge in [0.05, 0.1) is 12.0 Å². The smallest absolute Gasteiger partial charge is 0.244 e. The third kappa shape index (κ3) is 5.54. The molecule has 0 atom stereocenters. The summed E-state index contributed by atoms with van der Waals surface area (Å²) in [4.78, 5) is 0.162. The first-order valence-corrected chi connectivity index (χ1v) is 11.8. The Labute approximate surface area is 167 Å². The van der Waals surface area contributed by atoms with Crippen LogP contribution in [-0.2, 0) is 20.0 Å². The van der Waals surface area contributed by atoms with Crippen molar-refractivity contribution in [3.63, 3.8) is 0 Å². The minimum absolute atomic E-state index is 0.0302. The topological polar surface area (TPSA) is 102 Å². The Kier molecular flexibility index (Phi) is 7.22. The van der Waals surface area contributed by atoms with Gasteiger partial charge in [0.2, 0.25) is 20.0 Å². The van der Waals surface area contributed by atoms with E-state index in [-0.39, 0.29) is 34.5 Å². The van der Waals surface area contributed by atoms with Crippen LogP contribution >= 0.6 is 0 Å². The molecule has 0 heterocycles. The summed E-state index contributed by atoms with van der Waals surface area (Å²) in [6.07, 6.45) is 0. The van der Waals surface area contributed by atoms with Crippen molar-refractivity contribution in [3.05, 3.63) is 53.6 Å². The Morgan fingerprint density at radius 2 is 1.46 bits per heavy atom. The SMILES string of the molecule is COc1ccc(C(C)C)cc1S(=O)(=O)NCCNS(=O)(=O)c1ccc(C)cc1. The van der Waals surface area contributed by atoms with Crippen molar-refractivity contribution in [2.24, 2.45) is 0 Å². The first kappa shape index (κ1) is 22.4. The number of methoxy groups -OCH3 is 1. The maximum absolute atomic E-state index is 12.7. The molecular weight excluding hydrogens is 400 g/mol. The van der Waals surface area contributed by atoms with Crippen molar-refractivity contribution in [2.75, 3.05) is 20.2 Å². The van der Waals surface area contributed by atoms with Gasteiger partial charge in [-0.25, -0.2) is 26.3 Å².